The minimum Gasteiger partial charge on any atom is -0.371 e. The zero-order chi connectivity index (χ0) is 12.8. The van der Waals surface area contributed by atoms with Crippen molar-refractivity contribution in [2.75, 3.05) is 24.5 Å². The molecule has 3 rings (SSSR count). The predicted octanol–water partition coefficient (Wildman–Crippen LogP) is 2.62. The van der Waals surface area contributed by atoms with Gasteiger partial charge in [-0.05, 0) is 42.4 Å². The average Bonchev–Trinajstić information content (AvgIpc) is 2.39. The second kappa shape index (κ2) is 4.27. The Morgan fingerprint density at radius 2 is 1.67 bits per heavy atom. The molecule has 2 nitrogen and oxygen atoms in total. The number of aryl methyl sites for hydroxylation is 2. The van der Waals surface area contributed by atoms with Crippen LogP contribution in [0.2, 0.25) is 0 Å². The third-order valence-corrected chi connectivity index (χ3v) is 4.62. The molecule has 2 aliphatic heterocycles. The number of anilines is 1. The molecule has 2 aliphatic rings. The van der Waals surface area contributed by atoms with Crippen LogP contribution in [0.5, 0.6) is 0 Å². The fourth-order valence-corrected chi connectivity index (χ4v) is 3.31. The Labute approximate surface area is 110 Å². The lowest BCUT2D eigenvalue weighted by Gasteiger charge is -2.38. The lowest BCUT2D eigenvalue weighted by atomic mass is 9.80. The highest BCUT2D eigenvalue weighted by Gasteiger charge is 2.27. The monoisotopic (exact) mass is 244 g/mol. The van der Waals surface area contributed by atoms with Gasteiger partial charge in [0.05, 0.1) is 0 Å². The molecule has 2 heterocycles. The summed E-state index contributed by atoms with van der Waals surface area (Å²) in [6.07, 6.45) is 5.10. The molecule has 18 heavy (non-hydrogen) atoms. The van der Waals surface area contributed by atoms with Gasteiger partial charge in [-0.3, -0.25) is 0 Å². The van der Waals surface area contributed by atoms with Crippen molar-refractivity contribution in [1.82, 2.24) is 0 Å². The molecular weight excluding hydrogens is 220 g/mol. The van der Waals surface area contributed by atoms with Crippen molar-refractivity contribution in [3.8, 4) is 0 Å². The highest BCUT2D eigenvalue weighted by atomic mass is 15.1. The summed E-state index contributed by atoms with van der Waals surface area (Å²) in [6, 6.07) is 4.84. The first-order valence-corrected chi connectivity index (χ1v) is 7.23. The summed E-state index contributed by atoms with van der Waals surface area (Å²) in [5.41, 5.74) is 12.2. The smallest absolute Gasteiger partial charge is 0.0431 e. The number of hydrogen-bond acceptors (Lipinski definition) is 2. The fourth-order valence-electron chi connectivity index (χ4n) is 3.31. The maximum Gasteiger partial charge on any atom is 0.0431 e. The molecule has 1 aromatic carbocycles. The summed E-state index contributed by atoms with van der Waals surface area (Å²) in [4.78, 5) is 2.59. The third kappa shape index (κ3) is 1.83. The first kappa shape index (κ1) is 12.0. The summed E-state index contributed by atoms with van der Waals surface area (Å²) in [5.74, 6) is 0. The van der Waals surface area contributed by atoms with Crippen molar-refractivity contribution in [1.29, 1.82) is 0 Å². The Hall–Kier alpha value is -1.02. The lowest BCUT2D eigenvalue weighted by molar-refractivity contribution is 0.534. The van der Waals surface area contributed by atoms with E-state index in [1.165, 1.54) is 44.3 Å². The van der Waals surface area contributed by atoms with E-state index in [9.17, 15) is 0 Å². The van der Waals surface area contributed by atoms with E-state index in [2.05, 4.69) is 30.9 Å². The van der Waals surface area contributed by atoms with Crippen LogP contribution in [0.3, 0.4) is 0 Å². The van der Waals surface area contributed by atoms with Gasteiger partial charge in [-0.1, -0.05) is 26.0 Å². The molecule has 0 unspecified atom stereocenters. The molecule has 98 valence electrons. The summed E-state index contributed by atoms with van der Waals surface area (Å²) in [7, 11) is 0. The minimum atomic E-state index is 0.102. The van der Waals surface area contributed by atoms with Gasteiger partial charge in [0.15, 0.2) is 0 Å². The predicted molar refractivity (Wildman–Crippen MR) is 77.4 cm³/mol. The lowest BCUT2D eigenvalue weighted by Crippen LogP contribution is -2.35. The van der Waals surface area contributed by atoms with E-state index in [0.29, 0.717) is 0 Å². The molecule has 0 aliphatic carbocycles. The summed E-state index contributed by atoms with van der Waals surface area (Å²) in [6.45, 7) is 7.73. The number of nitrogens with zero attached hydrogens (tertiary/aromatic N) is 1. The van der Waals surface area contributed by atoms with Gasteiger partial charge < -0.3 is 10.6 Å². The Morgan fingerprint density at radius 3 is 2.17 bits per heavy atom. The van der Waals surface area contributed by atoms with Crippen LogP contribution in [0.25, 0.3) is 0 Å². The molecule has 2 heteroatoms. The van der Waals surface area contributed by atoms with Crippen molar-refractivity contribution in [3.05, 3.63) is 28.8 Å². The van der Waals surface area contributed by atoms with E-state index >= 15 is 0 Å². The number of benzene rings is 1. The van der Waals surface area contributed by atoms with Crippen molar-refractivity contribution in [3.63, 3.8) is 0 Å². The Balaban J connectivity index is 2.12. The Kier molecular flexibility index (Phi) is 2.86. The van der Waals surface area contributed by atoms with Crippen LogP contribution >= 0.6 is 0 Å². The van der Waals surface area contributed by atoms with Gasteiger partial charge in [-0.2, -0.15) is 0 Å². The quantitative estimate of drug-likeness (QED) is 0.866. The van der Waals surface area contributed by atoms with Gasteiger partial charge in [-0.25, -0.2) is 0 Å². The average molecular weight is 244 g/mol. The maximum absolute atomic E-state index is 5.94. The Bertz CT molecular complexity index is 431. The van der Waals surface area contributed by atoms with Gasteiger partial charge in [-0.15, -0.1) is 0 Å². The molecule has 1 aromatic rings. The topological polar surface area (TPSA) is 29.3 Å². The molecule has 0 atom stereocenters. The zero-order valence-corrected chi connectivity index (χ0v) is 11.6. The van der Waals surface area contributed by atoms with Crippen molar-refractivity contribution < 1.29 is 0 Å². The van der Waals surface area contributed by atoms with Gasteiger partial charge in [0.1, 0.15) is 0 Å². The molecule has 0 spiro atoms. The van der Waals surface area contributed by atoms with E-state index in [1.807, 2.05) is 0 Å². The molecule has 0 saturated heterocycles. The third-order valence-electron chi connectivity index (χ3n) is 4.62. The van der Waals surface area contributed by atoms with Crippen LogP contribution < -0.4 is 10.6 Å². The van der Waals surface area contributed by atoms with Gasteiger partial charge in [0.2, 0.25) is 0 Å². The van der Waals surface area contributed by atoms with E-state index in [1.54, 1.807) is 16.8 Å². The van der Waals surface area contributed by atoms with Gasteiger partial charge >= 0.3 is 0 Å². The molecular formula is C16H24N2. The molecule has 0 saturated carbocycles. The summed E-state index contributed by atoms with van der Waals surface area (Å²) in [5, 5.41) is 0. The van der Waals surface area contributed by atoms with Crippen LogP contribution in [-0.2, 0) is 18.3 Å². The minimum absolute atomic E-state index is 0.102. The summed E-state index contributed by atoms with van der Waals surface area (Å²) < 4.78 is 0. The molecule has 0 radical (unpaired) electrons. The molecule has 0 amide bonds. The van der Waals surface area contributed by atoms with Crippen molar-refractivity contribution >= 4 is 5.69 Å². The second-order valence-corrected chi connectivity index (χ2v) is 6.43. The highest BCUT2D eigenvalue weighted by Crippen LogP contribution is 2.38. The van der Waals surface area contributed by atoms with Crippen LogP contribution in [0.4, 0.5) is 5.69 Å². The maximum atomic E-state index is 5.94. The van der Waals surface area contributed by atoms with Crippen LogP contribution in [0.15, 0.2) is 12.1 Å². The largest absolute Gasteiger partial charge is 0.371 e. The second-order valence-electron chi connectivity index (χ2n) is 6.43. The normalized spacial score (nSPS) is 18.7. The van der Waals surface area contributed by atoms with E-state index < -0.39 is 0 Å². The number of nitrogens with two attached hydrogens (primary N) is 1. The standard InChI is InChI=1S/C16H24N2/c1-16(2,11-17)14-9-12-5-3-7-18-8-4-6-13(10-14)15(12)18/h9-10H,3-8,11,17H2,1-2H3. The molecule has 2 N–H and O–H groups in total. The molecule has 0 aromatic heterocycles. The zero-order valence-electron chi connectivity index (χ0n) is 11.6. The van der Waals surface area contributed by atoms with Crippen molar-refractivity contribution in [2.24, 2.45) is 5.73 Å². The summed E-state index contributed by atoms with van der Waals surface area (Å²) >= 11 is 0. The molecule has 0 fully saturated rings. The van der Waals surface area contributed by atoms with Crippen molar-refractivity contribution in [2.45, 2.75) is 44.9 Å². The van der Waals surface area contributed by atoms with E-state index in [0.717, 1.165) is 6.54 Å². The van der Waals surface area contributed by atoms with Gasteiger partial charge in [0.25, 0.3) is 0 Å². The van der Waals surface area contributed by atoms with Crippen LogP contribution in [0.1, 0.15) is 43.4 Å². The number of hydrogen-bond donors (Lipinski definition) is 1. The van der Waals surface area contributed by atoms with Crippen LogP contribution in [-0.4, -0.2) is 19.6 Å². The van der Waals surface area contributed by atoms with Crippen LogP contribution in [0, 0.1) is 0 Å². The van der Waals surface area contributed by atoms with E-state index in [4.69, 9.17) is 5.73 Å². The Morgan fingerprint density at radius 1 is 1.11 bits per heavy atom. The van der Waals surface area contributed by atoms with E-state index in [-0.39, 0.29) is 5.41 Å². The first-order chi connectivity index (χ1) is 8.62. The fraction of sp³-hybridized carbons (Fsp3) is 0.625. The SMILES string of the molecule is CC(C)(CN)c1cc2c3c(c1)CCCN3CCC2. The number of rotatable bonds is 2. The van der Waals surface area contributed by atoms with Gasteiger partial charge in [0, 0.05) is 30.7 Å². The molecule has 0 bridgehead atoms. The highest BCUT2D eigenvalue weighted by molar-refractivity contribution is 5.64. The first-order valence-electron chi connectivity index (χ1n) is 7.23.